The maximum atomic E-state index is 13.0. The molecule has 1 aromatic carbocycles. The zero-order valence-electron chi connectivity index (χ0n) is 14.0. The third kappa shape index (κ3) is 2.21. The minimum Gasteiger partial charge on any atom is -0.496 e. The molecule has 0 radical (unpaired) electrons. The van der Waals surface area contributed by atoms with Gasteiger partial charge < -0.3 is 10.1 Å². The third-order valence-electron chi connectivity index (χ3n) is 4.71. The third-order valence-corrected chi connectivity index (χ3v) is 4.71. The number of benzene rings is 1. The highest BCUT2D eigenvalue weighted by atomic mass is 16.5. The van der Waals surface area contributed by atoms with Crippen molar-refractivity contribution >= 4 is 11.7 Å². The summed E-state index contributed by atoms with van der Waals surface area (Å²) < 4.78 is 7.30. The Hall–Kier alpha value is -2.63. The molecule has 2 heterocycles. The average molecular weight is 324 g/mol. The number of ether oxygens (including phenoxy) is 1. The van der Waals surface area contributed by atoms with Crippen molar-refractivity contribution in [1.82, 2.24) is 14.8 Å². The number of rotatable bonds is 2. The molecule has 1 atom stereocenters. The molecule has 0 amide bonds. The Kier molecular flexibility index (Phi) is 3.23. The fourth-order valence-corrected chi connectivity index (χ4v) is 3.73. The van der Waals surface area contributed by atoms with Crippen LogP contribution < -0.4 is 10.1 Å². The topological polar surface area (TPSA) is 69.0 Å². The Morgan fingerprint density at radius 3 is 2.88 bits per heavy atom. The number of hydrogen-bond donors (Lipinski definition) is 1. The molecule has 0 saturated heterocycles. The van der Waals surface area contributed by atoms with E-state index in [-0.39, 0.29) is 17.2 Å². The van der Waals surface area contributed by atoms with Gasteiger partial charge in [0.1, 0.15) is 18.1 Å². The molecular weight excluding hydrogens is 304 g/mol. The lowest BCUT2D eigenvalue weighted by Crippen LogP contribution is -2.36. The van der Waals surface area contributed by atoms with Crippen LogP contribution in [0.15, 0.2) is 41.9 Å². The minimum absolute atomic E-state index is 0.0591. The molecular formula is C18H20N4O2. The van der Waals surface area contributed by atoms with E-state index >= 15 is 0 Å². The first-order chi connectivity index (χ1) is 11.5. The number of para-hydroxylation sites is 1. The van der Waals surface area contributed by atoms with E-state index in [1.54, 1.807) is 11.8 Å². The zero-order chi connectivity index (χ0) is 16.9. The predicted molar refractivity (Wildman–Crippen MR) is 89.8 cm³/mol. The standard InChI is InChI=1S/C18H20N4O2/c1-18(2)8-12-15(13(23)9-18)16(22-17(21-12)19-10-20-22)11-6-4-5-7-14(11)24-3/h4-7,10,16H,8-9H2,1-3H3,(H,19,20,21)/t16-/m0/s1. The SMILES string of the molecule is COc1ccccc1[C@H]1C2=C(CC(C)(C)CC2=O)Nc2ncnn21. The van der Waals surface area contributed by atoms with Gasteiger partial charge in [-0.3, -0.25) is 4.79 Å². The van der Waals surface area contributed by atoms with Crippen molar-refractivity contribution in [3.8, 4) is 5.75 Å². The minimum atomic E-state index is -0.307. The molecule has 0 saturated carbocycles. The second-order valence-corrected chi connectivity index (χ2v) is 7.13. The second kappa shape index (κ2) is 5.19. The summed E-state index contributed by atoms with van der Waals surface area (Å²) in [4.78, 5) is 17.3. The molecule has 0 unspecified atom stereocenters. The molecule has 1 aliphatic heterocycles. The van der Waals surface area contributed by atoms with Crippen LogP contribution in [0.3, 0.4) is 0 Å². The van der Waals surface area contributed by atoms with Crippen LogP contribution in [-0.2, 0) is 4.79 Å². The molecule has 4 rings (SSSR count). The molecule has 0 bridgehead atoms. The lowest BCUT2D eigenvalue weighted by molar-refractivity contribution is -0.118. The normalized spacial score (nSPS) is 21.8. The summed E-state index contributed by atoms with van der Waals surface area (Å²) in [5.41, 5.74) is 2.59. The van der Waals surface area contributed by atoms with Crippen LogP contribution in [-0.4, -0.2) is 27.7 Å². The fourth-order valence-electron chi connectivity index (χ4n) is 3.73. The van der Waals surface area contributed by atoms with Gasteiger partial charge in [0.2, 0.25) is 5.95 Å². The quantitative estimate of drug-likeness (QED) is 0.920. The number of aromatic nitrogens is 3. The van der Waals surface area contributed by atoms with Crippen molar-refractivity contribution in [2.75, 3.05) is 12.4 Å². The van der Waals surface area contributed by atoms with Crippen molar-refractivity contribution in [3.05, 3.63) is 47.4 Å². The van der Waals surface area contributed by atoms with E-state index in [9.17, 15) is 4.79 Å². The van der Waals surface area contributed by atoms with Crippen LogP contribution in [0.2, 0.25) is 0 Å². The van der Waals surface area contributed by atoms with Gasteiger partial charge in [-0.1, -0.05) is 32.0 Å². The number of ketones is 1. The summed E-state index contributed by atoms with van der Waals surface area (Å²) in [6, 6.07) is 7.46. The van der Waals surface area contributed by atoms with Gasteiger partial charge in [-0.05, 0) is 17.9 Å². The first-order valence-electron chi connectivity index (χ1n) is 8.06. The summed E-state index contributed by atoms with van der Waals surface area (Å²) in [6.45, 7) is 4.24. The molecule has 0 spiro atoms. The number of hydrogen-bond acceptors (Lipinski definition) is 5. The molecule has 6 heteroatoms. The monoisotopic (exact) mass is 324 g/mol. The van der Waals surface area contributed by atoms with Gasteiger partial charge in [0.25, 0.3) is 0 Å². The van der Waals surface area contributed by atoms with Crippen molar-refractivity contribution in [2.24, 2.45) is 5.41 Å². The van der Waals surface area contributed by atoms with Crippen LogP contribution in [0.1, 0.15) is 38.3 Å². The van der Waals surface area contributed by atoms with E-state index in [0.717, 1.165) is 29.0 Å². The Morgan fingerprint density at radius 1 is 1.29 bits per heavy atom. The number of allylic oxidation sites excluding steroid dienone is 2. The van der Waals surface area contributed by atoms with Gasteiger partial charge in [-0.2, -0.15) is 10.1 Å². The lowest BCUT2D eigenvalue weighted by Gasteiger charge is -2.38. The molecule has 0 fully saturated rings. The van der Waals surface area contributed by atoms with E-state index in [1.165, 1.54) is 6.33 Å². The van der Waals surface area contributed by atoms with Crippen LogP contribution in [0.4, 0.5) is 5.95 Å². The number of anilines is 1. The Bertz CT molecular complexity index is 850. The van der Waals surface area contributed by atoms with Crippen molar-refractivity contribution in [3.63, 3.8) is 0 Å². The number of nitrogens with one attached hydrogen (secondary N) is 1. The smallest absolute Gasteiger partial charge is 0.226 e. The number of methoxy groups -OCH3 is 1. The molecule has 2 aromatic rings. The molecule has 1 aliphatic carbocycles. The number of carbonyl (C=O) groups excluding carboxylic acids is 1. The lowest BCUT2D eigenvalue weighted by atomic mass is 9.73. The number of carbonyl (C=O) groups is 1. The predicted octanol–water partition coefficient (Wildman–Crippen LogP) is 2.94. The van der Waals surface area contributed by atoms with Crippen molar-refractivity contribution in [1.29, 1.82) is 0 Å². The summed E-state index contributed by atoms with van der Waals surface area (Å²) in [5, 5.41) is 7.66. The second-order valence-electron chi connectivity index (χ2n) is 7.13. The molecule has 2 aliphatic rings. The largest absolute Gasteiger partial charge is 0.496 e. The van der Waals surface area contributed by atoms with Gasteiger partial charge in [0.05, 0.1) is 7.11 Å². The molecule has 1 N–H and O–H groups in total. The molecule has 124 valence electrons. The highest BCUT2D eigenvalue weighted by Gasteiger charge is 2.42. The molecule has 1 aromatic heterocycles. The van der Waals surface area contributed by atoms with Gasteiger partial charge in [-0.15, -0.1) is 0 Å². The van der Waals surface area contributed by atoms with E-state index in [4.69, 9.17) is 4.74 Å². The highest BCUT2D eigenvalue weighted by molar-refractivity contribution is 6.00. The molecule has 24 heavy (non-hydrogen) atoms. The number of fused-ring (bicyclic) bond motifs is 1. The summed E-state index contributed by atoms with van der Waals surface area (Å²) in [6.07, 6.45) is 2.86. The maximum Gasteiger partial charge on any atom is 0.226 e. The molecule has 6 nitrogen and oxygen atoms in total. The maximum absolute atomic E-state index is 13.0. The Morgan fingerprint density at radius 2 is 2.08 bits per heavy atom. The van der Waals surface area contributed by atoms with Crippen LogP contribution in [0, 0.1) is 5.41 Å². The van der Waals surface area contributed by atoms with Crippen molar-refractivity contribution < 1.29 is 9.53 Å². The van der Waals surface area contributed by atoms with E-state index in [1.807, 2.05) is 24.3 Å². The average Bonchev–Trinajstić information content (AvgIpc) is 2.99. The number of nitrogens with zero attached hydrogens (tertiary/aromatic N) is 3. The van der Waals surface area contributed by atoms with Gasteiger partial charge >= 0.3 is 0 Å². The van der Waals surface area contributed by atoms with Crippen LogP contribution in [0.5, 0.6) is 5.75 Å². The van der Waals surface area contributed by atoms with Gasteiger partial charge in [-0.25, -0.2) is 4.68 Å². The van der Waals surface area contributed by atoms with E-state index in [0.29, 0.717) is 12.4 Å². The Balaban J connectivity index is 1.93. The van der Waals surface area contributed by atoms with E-state index in [2.05, 4.69) is 29.2 Å². The van der Waals surface area contributed by atoms with Gasteiger partial charge in [0, 0.05) is 23.3 Å². The van der Waals surface area contributed by atoms with Gasteiger partial charge in [0.15, 0.2) is 5.78 Å². The van der Waals surface area contributed by atoms with Crippen LogP contribution >= 0.6 is 0 Å². The summed E-state index contributed by atoms with van der Waals surface area (Å²) in [5.74, 6) is 1.57. The fraction of sp³-hybridized carbons (Fsp3) is 0.389. The Labute approximate surface area is 140 Å². The first kappa shape index (κ1) is 14.9. The van der Waals surface area contributed by atoms with Crippen molar-refractivity contribution in [2.45, 2.75) is 32.7 Å². The first-order valence-corrected chi connectivity index (χ1v) is 8.06. The zero-order valence-corrected chi connectivity index (χ0v) is 14.0. The van der Waals surface area contributed by atoms with Crippen LogP contribution in [0.25, 0.3) is 0 Å². The summed E-state index contributed by atoms with van der Waals surface area (Å²) in [7, 11) is 1.64. The summed E-state index contributed by atoms with van der Waals surface area (Å²) >= 11 is 0. The number of Topliss-reactive ketones (excluding diaryl/α,β-unsaturated/α-hetero) is 1. The van der Waals surface area contributed by atoms with E-state index < -0.39 is 0 Å². The highest BCUT2D eigenvalue weighted by Crippen LogP contribution is 2.46.